The summed E-state index contributed by atoms with van der Waals surface area (Å²) in [6.45, 7) is 3.32. The maximum Gasteiger partial charge on any atom is 0.304 e. The quantitative estimate of drug-likeness (QED) is 0.393. The van der Waals surface area contributed by atoms with Gasteiger partial charge in [0.25, 0.3) is 0 Å². The Morgan fingerprint density at radius 2 is 1.73 bits per heavy atom. The van der Waals surface area contributed by atoms with E-state index in [2.05, 4.69) is 10.6 Å². The maximum atomic E-state index is 12.7. The number of piperidine rings is 1. The lowest BCUT2D eigenvalue weighted by Gasteiger charge is -2.22. The highest BCUT2D eigenvalue weighted by Gasteiger charge is 2.23. The number of halogens is 1. The third-order valence-corrected chi connectivity index (χ3v) is 6.02. The fourth-order valence-electron chi connectivity index (χ4n) is 4.14. The number of carbonyl (C=O) groups is 2. The molecule has 0 bridgehead atoms. The van der Waals surface area contributed by atoms with Crippen LogP contribution in [0.15, 0.2) is 54.6 Å². The largest absolute Gasteiger partial charge is 0.494 e. The van der Waals surface area contributed by atoms with Gasteiger partial charge in [0.05, 0.1) is 18.9 Å². The van der Waals surface area contributed by atoms with Crippen LogP contribution in [0.1, 0.15) is 55.6 Å². The van der Waals surface area contributed by atoms with Crippen LogP contribution in [0.5, 0.6) is 5.75 Å². The number of unbranched alkanes of at least 4 members (excludes halogenated alkanes) is 1. The van der Waals surface area contributed by atoms with Crippen molar-refractivity contribution in [2.24, 2.45) is 5.92 Å². The fourth-order valence-corrected chi connectivity index (χ4v) is 4.14. The molecular formula is C26H35ClN2O4. The number of carboxylic acid groups (broad SMARTS) is 1. The molecule has 1 fully saturated rings. The van der Waals surface area contributed by atoms with Crippen LogP contribution in [-0.2, 0) is 16.1 Å². The first-order valence-corrected chi connectivity index (χ1v) is 11.6. The number of carbonyl (C=O) groups excluding carboxylic acids is 1. The standard InChI is InChI=1S/C26H34N2O4.ClH/c29-25(30)18-24(26(31)28-19-21-7-2-1-3-8-21)22-9-11-23(12-10-22)32-17-5-4-6-20-13-15-27-16-14-20;/h1-3,7-12,20,24,27H,4-6,13-19H2,(H,28,31)(H,29,30);1H. The van der Waals surface area contributed by atoms with Gasteiger partial charge in [-0.15, -0.1) is 12.4 Å². The molecule has 6 nitrogen and oxygen atoms in total. The van der Waals surface area contributed by atoms with E-state index in [0.29, 0.717) is 18.7 Å². The summed E-state index contributed by atoms with van der Waals surface area (Å²) in [5, 5.41) is 15.5. The molecule has 1 amide bonds. The summed E-state index contributed by atoms with van der Waals surface area (Å²) in [7, 11) is 0. The number of rotatable bonds is 12. The summed E-state index contributed by atoms with van der Waals surface area (Å²) in [4.78, 5) is 24.0. The molecule has 1 saturated heterocycles. The van der Waals surface area contributed by atoms with Gasteiger partial charge in [0.15, 0.2) is 0 Å². The number of benzene rings is 2. The second-order valence-electron chi connectivity index (χ2n) is 8.46. The zero-order valence-electron chi connectivity index (χ0n) is 19.0. The lowest BCUT2D eigenvalue weighted by Crippen LogP contribution is -2.30. The van der Waals surface area contributed by atoms with Gasteiger partial charge in [0.2, 0.25) is 5.91 Å². The van der Waals surface area contributed by atoms with Crippen LogP contribution >= 0.6 is 12.4 Å². The van der Waals surface area contributed by atoms with Crippen LogP contribution in [0.4, 0.5) is 0 Å². The minimum absolute atomic E-state index is 0. The summed E-state index contributed by atoms with van der Waals surface area (Å²) < 4.78 is 5.85. The second kappa shape index (κ2) is 14.6. The molecule has 1 unspecified atom stereocenters. The average Bonchev–Trinajstić information content (AvgIpc) is 2.82. The Bertz CT molecular complexity index is 839. The van der Waals surface area contributed by atoms with Crippen LogP contribution in [0.2, 0.25) is 0 Å². The summed E-state index contributed by atoms with van der Waals surface area (Å²) in [5.41, 5.74) is 1.65. The third-order valence-electron chi connectivity index (χ3n) is 6.02. The van der Waals surface area contributed by atoms with Crippen molar-refractivity contribution in [3.63, 3.8) is 0 Å². The molecule has 0 saturated carbocycles. The van der Waals surface area contributed by atoms with Crippen LogP contribution in [0, 0.1) is 5.92 Å². The van der Waals surface area contributed by atoms with Gasteiger partial charge < -0.3 is 20.5 Å². The van der Waals surface area contributed by atoms with Gasteiger partial charge in [-0.3, -0.25) is 9.59 Å². The van der Waals surface area contributed by atoms with Gasteiger partial charge in [-0.2, -0.15) is 0 Å². The maximum absolute atomic E-state index is 12.7. The van der Waals surface area contributed by atoms with E-state index >= 15 is 0 Å². The Kier molecular flexibility index (Phi) is 11.8. The first kappa shape index (κ1) is 26.7. The van der Waals surface area contributed by atoms with E-state index < -0.39 is 11.9 Å². The Morgan fingerprint density at radius 1 is 1.03 bits per heavy atom. The zero-order chi connectivity index (χ0) is 22.6. The molecule has 2 aromatic rings. The molecule has 3 rings (SSSR count). The van der Waals surface area contributed by atoms with Gasteiger partial charge in [-0.05, 0) is 68.0 Å². The number of nitrogens with one attached hydrogen (secondary N) is 2. The topological polar surface area (TPSA) is 87.7 Å². The number of aliphatic carboxylic acids is 1. The van der Waals surface area contributed by atoms with E-state index in [0.717, 1.165) is 36.7 Å². The van der Waals surface area contributed by atoms with Crippen molar-refractivity contribution in [2.45, 2.75) is 51.0 Å². The lowest BCUT2D eigenvalue weighted by atomic mass is 9.93. The zero-order valence-corrected chi connectivity index (χ0v) is 19.8. The molecule has 3 N–H and O–H groups in total. The second-order valence-corrected chi connectivity index (χ2v) is 8.46. The van der Waals surface area contributed by atoms with Gasteiger partial charge in [0.1, 0.15) is 5.75 Å². The highest BCUT2D eigenvalue weighted by molar-refractivity contribution is 5.87. The predicted octanol–water partition coefficient (Wildman–Crippen LogP) is 4.53. The Labute approximate surface area is 202 Å². The van der Waals surface area contributed by atoms with E-state index in [1.165, 1.54) is 25.7 Å². The van der Waals surface area contributed by atoms with Gasteiger partial charge in [-0.1, -0.05) is 48.9 Å². The summed E-state index contributed by atoms with van der Waals surface area (Å²) >= 11 is 0. The van der Waals surface area contributed by atoms with Crippen molar-refractivity contribution >= 4 is 24.3 Å². The number of ether oxygens (including phenoxy) is 1. The predicted molar refractivity (Wildman–Crippen MR) is 132 cm³/mol. The molecule has 0 aromatic heterocycles. The smallest absolute Gasteiger partial charge is 0.304 e. The van der Waals surface area contributed by atoms with Gasteiger partial charge >= 0.3 is 5.97 Å². The highest BCUT2D eigenvalue weighted by Crippen LogP contribution is 2.24. The molecule has 180 valence electrons. The Balaban J connectivity index is 0.00000385. The number of amides is 1. The molecule has 0 spiro atoms. The van der Waals surface area contributed by atoms with E-state index in [1.807, 2.05) is 42.5 Å². The first-order chi connectivity index (χ1) is 15.6. The summed E-state index contributed by atoms with van der Waals surface area (Å²) in [5.74, 6) is -0.443. The van der Waals surface area contributed by atoms with Crippen molar-refractivity contribution in [3.05, 3.63) is 65.7 Å². The van der Waals surface area contributed by atoms with E-state index in [-0.39, 0.29) is 24.7 Å². The molecule has 0 radical (unpaired) electrons. The van der Waals surface area contributed by atoms with Gasteiger partial charge in [-0.25, -0.2) is 0 Å². The normalized spacial score (nSPS) is 14.7. The molecule has 1 heterocycles. The highest BCUT2D eigenvalue weighted by atomic mass is 35.5. The van der Waals surface area contributed by atoms with E-state index in [1.54, 1.807) is 12.1 Å². The number of carboxylic acids is 1. The minimum Gasteiger partial charge on any atom is -0.494 e. The minimum atomic E-state index is -1.00. The molecule has 0 aliphatic carbocycles. The number of hydrogen-bond donors (Lipinski definition) is 3. The van der Waals surface area contributed by atoms with Crippen LogP contribution in [-0.4, -0.2) is 36.7 Å². The summed E-state index contributed by atoms with van der Waals surface area (Å²) in [6.07, 6.45) is 5.76. The lowest BCUT2D eigenvalue weighted by molar-refractivity contribution is -0.139. The Morgan fingerprint density at radius 3 is 2.39 bits per heavy atom. The molecule has 2 aromatic carbocycles. The van der Waals surface area contributed by atoms with Crippen molar-refractivity contribution in [1.82, 2.24) is 10.6 Å². The van der Waals surface area contributed by atoms with Crippen LogP contribution < -0.4 is 15.4 Å². The molecule has 33 heavy (non-hydrogen) atoms. The van der Waals surface area contributed by atoms with Gasteiger partial charge in [0, 0.05) is 6.54 Å². The summed E-state index contributed by atoms with van der Waals surface area (Å²) in [6, 6.07) is 16.8. The van der Waals surface area contributed by atoms with E-state index in [4.69, 9.17) is 4.74 Å². The molecule has 1 aliphatic rings. The van der Waals surface area contributed by atoms with Crippen molar-refractivity contribution in [1.29, 1.82) is 0 Å². The average molecular weight is 475 g/mol. The van der Waals surface area contributed by atoms with Crippen LogP contribution in [0.3, 0.4) is 0 Å². The SMILES string of the molecule is Cl.O=C(O)CC(C(=O)NCc1ccccc1)c1ccc(OCCCCC2CCNCC2)cc1. The van der Waals surface area contributed by atoms with Crippen molar-refractivity contribution < 1.29 is 19.4 Å². The Hall–Kier alpha value is -2.57. The third kappa shape index (κ3) is 9.44. The monoisotopic (exact) mass is 474 g/mol. The molecule has 7 heteroatoms. The van der Waals surface area contributed by atoms with E-state index in [9.17, 15) is 14.7 Å². The van der Waals surface area contributed by atoms with Crippen molar-refractivity contribution in [3.8, 4) is 5.75 Å². The fraction of sp³-hybridized carbons (Fsp3) is 0.462. The van der Waals surface area contributed by atoms with Crippen LogP contribution in [0.25, 0.3) is 0 Å². The molecule has 1 atom stereocenters. The molecule has 1 aliphatic heterocycles. The first-order valence-electron chi connectivity index (χ1n) is 11.6. The van der Waals surface area contributed by atoms with Crippen molar-refractivity contribution in [2.75, 3.05) is 19.7 Å². The number of hydrogen-bond acceptors (Lipinski definition) is 4. The molecular weight excluding hydrogens is 440 g/mol.